The van der Waals surface area contributed by atoms with Crippen LogP contribution in [0.25, 0.3) is 21.1 Å². The number of benzene rings is 2. The van der Waals surface area contributed by atoms with Gasteiger partial charge in [0.05, 0.1) is 16.6 Å². The van der Waals surface area contributed by atoms with Gasteiger partial charge in [0.25, 0.3) is 0 Å². The summed E-state index contributed by atoms with van der Waals surface area (Å²) in [6.07, 6.45) is 5.41. The van der Waals surface area contributed by atoms with E-state index in [4.69, 9.17) is 16.3 Å². The zero-order valence-corrected chi connectivity index (χ0v) is 23.9. The third-order valence-corrected chi connectivity index (χ3v) is 7.60. The van der Waals surface area contributed by atoms with Crippen LogP contribution in [0.2, 0.25) is 5.02 Å². The van der Waals surface area contributed by atoms with Crippen molar-refractivity contribution in [1.82, 2.24) is 25.2 Å². The smallest absolute Gasteiger partial charge is 0.237 e. The fraction of sp³-hybridized carbons (Fsp3) is 0.222. The minimum absolute atomic E-state index is 0. The number of halogens is 3. The predicted octanol–water partition coefficient (Wildman–Crippen LogP) is 6.55. The lowest BCUT2D eigenvalue weighted by Crippen LogP contribution is -2.41. The van der Waals surface area contributed by atoms with Crippen molar-refractivity contribution >= 4 is 86.3 Å². The molecule has 0 aliphatic carbocycles. The third-order valence-electron chi connectivity index (χ3n) is 6.43. The second-order valence-corrected chi connectivity index (χ2v) is 10.3. The molecule has 0 radical (unpaired) electrons. The molecule has 0 spiro atoms. The minimum atomic E-state index is -0.0859. The van der Waals surface area contributed by atoms with Gasteiger partial charge in [0.15, 0.2) is 5.82 Å². The van der Waals surface area contributed by atoms with Crippen molar-refractivity contribution in [2.75, 3.05) is 18.4 Å². The Morgan fingerprint density at radius 3 is 2.87 bits per heavy atom. The SMILES string of the molecule is Cl.Cl.O=C(NCCn1ccc2ncnc(Nc3ccc(Oc4ccc5ccsc5c4)c(Cl)c3)c21)[C@@H]1CCCN1. The fourth-order valence-corrected chi connectivity index (χ4v) is 5.60. The topological polar surface area (TPSA) is 93.1 Å². The molecule has 5 aromatic rings. The number of hydrogen-bond donors (Lipinski definition) is 3. The van der Waals surface area contributed by atoms with Gasteiger partial charge >= 0.3 is 0 Å². The molecule has 4 heterocycles. The first-order chi connectivity index (χ1) is 18.1. The lowest BCUT2D eigenvalue weighted by Gasteiger charge is -2.14. The summed E-state index contributed by atoms with van der Waals surface area (Å²) in [4.78, 5) is 21.2. The highest BCUT2D eigenvalue weighted by atomic mass is 35.5. The lowest BCUT2D eigenvalue weighted by atomic mass is 10.2. The average molecular weight is 606 g/mol. The molecule has 3 N–H and O–H groups in total. The Kier molecular flexibility index (Phi) is 9.53. The molecule has 0 saturated carbocycles. The maximum atomic E-state index is 12.3. The molecule has 2 aromatic carbocycles. The van der Waals surface area contributed by atoms with Crippen molar-refractivity contribution < 1.29 is 9.53 Å². The standard InChI is InChI=1S/C27H25ClN6O2S.2ClH/c28-20-14-18(4-6-23(20)36-19-5-3-17-8-13-37-24(17)15-19)33-26-25-21(31-16-32-26)7-11-34(25)12-10-30-27(35)22-2-1-9-29-22;;/h3-8,11,13-16,22,29H,1-2,9-10,12H2,(H,30,35)(H,31,32,33);2*1H/t22-;;/m0../s1. The van der Waals surface area contributed by atoms with Crippen molar-refractivity contribution in [2.24, 2.45) is 0 Å². The average Bonchev–Trinajstić information content (AvgIpc) is 3.67. The molecule has 0 bridgehead atoms. The minimum Gasteiger partial charge on any atom is -0.456 e. The largest absolute Gasteiger partial charge is 0.456 e. The Balaban J connectivity index is 0.00000176. The van der Waals surface area contributed by atoms with Gasteiger partial charge in [0.2, 0.25) is 5.91 Å². The summed E-state index contributed by atoms with van der Waals surface area (Å²) in [5, 5.41) is 13.4. The molecule has 6 rings (SSSR count). The van der Waals surface area contributed by atoms with Gasteiger partial charge in [-0.25, -0.2) is 9.97 Å². The molecule has 3 aromatic heterocycles. The first kappa shape index (κ1) is 28.9. The molecule has 0 unspecified atom stereocenters. The highest BCUT2D eigenvalue weighted by Gasteiger charge is 2.21. The van der Waals surface area contributed by atoms with E-state index in [-0.39, 0.29) is 36.8 Å². The van der Waals surface area contributed by atoms with Crippen LogP contribution in [0.15, 0.2) is 66.4 Å². The molecule has 1 amide bonds. The number of hydrogen-bond acceptors (Lipinski definition) is 7. The Morgan fingerprint density at radius 1 is 1.15 bits per heavy atom. The van der Waals surface area contributed by atoms with Crippen molar-refractivity contribution in [1.29, 1.82) is 0 Å². The van der Waals surface area contributed by atoms with Crippen LogP contribution in [0.3, 0.4) is 0 Å². The molecule has 8 nitrogen and oxygen atoms in total. The summed E-state index contributed by atoms with van der Waals surface area (Å²) in [6.45, 7) is 2.02. The van der Waals surface area contributed by atoms with Crippen molar-refractivity contribution in [3.63, 3.8) is 0 Å². The third kappa shape index (κ3) is 6.40. The second-order valence-electron chi connectivity index (χ2n) is 8.90. The zero-order valence-electron chi connectivity index (χ0n) is 20.7. The summed E-state index contributed by atoms with van der Waals surface area (Å²) in [5.74, 6) is 2.03. The van der Waals surface area contributed by atoms with Gasteiger partial charge in [0.1, 0.15) is 23.3 Å². The highest BCUT2D eigenvalue weighted by Crippen LogP contribution is 2.35. The van der Waals surface area contributed by atoms with Gasteiger partial charge in [-0.1, -0.05) is 11.6 Å². The summed E-state index contributed by atoms with van der Waals surface area (Å²) >= 11 is 8.25. The Labute approximate surface area is 246 Å². The van der Waals surface area contributed by atoms with E-state index >= 15 is 0 Å². The number of fused-ring (bicyclic) bond motifs is 2. The van der Waals surface area contributed by atoms with Crippen LogP contribution >= 0.6 is 47.8 Å². The Hall–Kier alpha value is -3.08. The van der Waals surface area contributed by atoms with Crippen molar-refractivity contribution in [2.45, 2.75) is 25.4 Å². The number of thiophene rings is 1. The molecule has 39 heavy (non-hydrogen) atoms. The van der Waals surface area contributed by atoms with E-state index in [2.05, 4.69) is 37.4 Å². The van der Waals surface area contributed by atoms with Crippen LogP contribution in [0, 0.1) is 0 Å². The van der Waals surface area contributed by atoms with Crippen molar-refractivity contribution in [3.05, 3.63) is 71.5 Å². The Morgan fingerprint density at radius 2 is 2.05 bits per heavy atom. The van der Waals surface area contributed by atoms with E-state index in [1.807, 2.05) is 53.2 Å². The van der Waals surface area contributed by atoms with Gasteiger partial charge in [-0.05, 0) is 78.7 Å². The Bertz CT molecular complexity index is 1580. The molecular weight excluding hydrogens is 579 g/mol. The van der Waals surface area contributed by atoms with Crippen LogP contribution in [-0.2, 0) is 11.3 Å². The van der Waals surface area contributed by atoms with E-state index < -0.39 is 0 Å². The van der Waals surface area contributed by atoms with Gasteiger partial charge in [-0.15, -0.1) is 36.2 Å². The second kappa shape index (κ2) is 12.8. The number of anilines is 2. The normalized spacial score (nSPS) is 14.5. The number of nitrogens with one attached hydrogen (secondary N) is 3. The molecule has 204 valence electrons. The van der Waals surface area contributed by atoms with Gasteiger partial charge < -0.3 is 25.3 Å². The quantitative estimate of drug-likeness (QED) is 0.186. The number of nitrogens with zero attached hydrogens (tertiary/aromatic N) is 3. The van der Waals surface area contributed by atoms with E-state index in [0.717, 1.165) is 46.6 Å². The maximum absolute atomic E-state index is 12.3. The molecule has 1 atom stereocenters. The van der Waals surface area contributed by atoms with E-state index in [0.29, 0.717) is 29.7 Å². The molecule has 12 heteroatoms. The first-order valence-electron chi connectivity index (χ1n) is 12.2. The number of carbonyl (C=O) groups is 1. The summed E-state index contributed by atoms with van der Waals surface area (Å²) in [5.41, 5.74) is 2.45. The zero-order chi connectivity index (χ0) is 25.2. The molecular formula is C27H27Cl3N6O2S. The van der Waals surface area contributed by atoms with Crippen LogP contribution in [0.5, 0.6) is 11.5 Å². The number of rotatable bonds is 8. The predicted molar refractivity (Wildman–Crippen MR) is 163 cm³/mol. The number of ether oxygens (including phenoxy) is 1. The molecule has 1 fully saturated rings. The molecule has 1 aliphatic rings. The summed E-state index contributed by atoms with van der Waals surface area (Å²) < 4.78 is 9.25. The van der Waals surface area contributed by atoms with E-state index in [9.17, 15) is 4.79 Å². The first-order valence-corrected chi connectivity index (χ1v) is 13.4. The molecule has 1 aliphatic heterocycles. The van der Waals surface area contributed by atoms with Crippen molar-refractivity contribution in [3.8, 4) is 11.5 Å². The summed E-state index contributed by atoms with van der Waals surface area (Å²) in [7, 11) is 0. The van der Waals surface area contributed by atoms with E-state index in [1.165, 1.54) is 11.7 Å². The van der Waals surface area contributed by atoms with Crippen LogP contribution in [0.4, 0.5) is 11.5 Å². The van der Waals surface area contributed by atoms with Gasteiger partial charge in [0, 0.05) is 29.7 Å². The van der Waals surface area contributed by atoms with E-state index in [1.54, 1.807) is 11.3 Å². The van der Waals surface area contributed by atoms with Gasteiger partial charge in [-0.2, -0.15) is 0 Å². The van der Waals surface area contributed by atoms with Crippen LogP contribution < -0.4 is 20.7 Å². The van der Waals surface area contributed by atoms with Gasteiger partial charge in [-0.3, -0.25) is 4.79 Å². The number of carbonyl (C=O) groups excluding carboxylic acids is 1. The highest BCUT2D eigenvalue weighted by molar-refractivity contribution is 7.17. The summed E-state index contributed by atoms with van der Waals surface area (Å²) in [6, 6.07) is 15.5. The number of amides is 1. The number of aromatic nitrogens is 3. The fourth-order valence-electron chi connectivity index (χ4n) is 4.57. The van der Waals surface area contributed by atoms with Crippen LogP contribution in [0.1, 0.15) is 12.8 Å². The van der Waals surface area contributed by atoms with Crippen LogP contribution in [-0.4, -0.2) is 39.6 Å². The maximum Gasteiger partial charge on any atom is 0.237 e. The molecule has 1 saturated heterocycles. The monoisotopic (exact) mass is 604 g/mol. The lowest BCUT2D eigenvalue weighted by molar-refractivity contribution is -0.122.